The van der Waals surface area contributed by atoms with Gasteiger partial charge in [0.05, 0.1) is 0 Å². The van der Waals surface area contributed by atoms with Gasteiger partial charge in [-0.1, -0.05) is 13.0 Å². The third-order valence-corrected chi connectivity index (χ3v) is 2.40. The molecular formula is C11H15N5. The molecule has 0 bridgehead atoms. The number of rotatable bonds is 4. The van der Waals surface area contributed by atoms with Crippen LogP contribution in [0.25, 0.3) is 5.82 Å². The highest BCUT2D eigenvalue weighted by Crippen LogP contribution is 2.09. The summed E-state index contributed by atoms with van der Waals surface area (Å²) in [6, 6.07) is 4.02. The van der Waals surface area contributed by atoms with Crippen LogP contribution >= 0.6 is 0 Å². The topological polar surface area (TPSA) is 55.6 Å². The zero-order valence-corrected chi connectivity index (χ0v) is 9.51. The maximum absolute atomic E-state index is 4.49. The third-order valence-electron chi connectivity index (χ3n) is 2.40. The molecule has 0 atom stereocenters. The summed E-state index contributed by atoms with van der Waals surface area (Å²) in [5, 5.41) is 7.33. The van der Waals surface area contributed by atoms with E-state index in [9.17, 15) is 0 Å². The van der Waals surface area contributed by atoms with Crippen LogP contribution in [0.4, 0.5) is 0 Å². The Morgan fingerprint density at radius 1 is 1.38 bits per heavy atom. The Morgan fingerprint density at radius 2 is 2.25 bits per heavy atom. The second-order valence-electron chi connectivity index (χ2n) is 3.53. The van der Waals surface area contributed by atoms with E-state index in [4.69, 9.17) is 0 Å². The predicted octanol–water partition coefficient (Wildman–Crippen LogP) is 1.08. The van der Waals surface area contributed by atoms with Gasteiger partial charge in [-0.25, -0.2) is 14.6 Å². The fourth-order valence-electron chi connectivity index (χ4n) is 1.48. The average Bonchev–Trinajstić information content (AvgIpc) is 2.81. The fourth-order valence-corrected chi connectivity index (χ4v) is 1.48. The van der Waals surface area contributed by atoms with E-state index in [0.29, 0.717) is 0 Å². The standard InChI is InChI=1S/C11H15N5/c1-3-12-6-10-4-5-11(15-9(10)2)16-8-13-7-14-16/h4-5,7-8,12H,3,6H2,1-2H3. The summed E-state index contributed by atoms with van der Waals surface area (Å²) in [7, 11) is 0. The largest absolute Gasteiger partial charge is 0.313 e. The first-order valence-corrected chi connectivity index (χ1v) is 5.33. The van der Waals surface area contributed by atoms with Gasteiger partial charge in [-0.3, -0.25) is 0 Å². The summed E-state index contributed by atoms with van der Waals surface area (Å²) in [6.07, 6.45) is 3.15. The molecule has 0 aliphatic carbocycles. The summed E-state index contributed by atoms with van der Waals surface area (Å²) in [4.78, 5) is 8.39. The molecule has 0 aromatic carbocycles. The monoisotopic (exact) mass is 217 g/mol. The van der Waals surface area contributed by atoms with Crippen LogP contribution in [0.15, 0.2) is 24.8 Å². The summed E-state index contributed by atoms with van der Waals surface area (Å²) in [5.74, 6) is 0.801. The Labute approximate surface area is 94.5 Å². The minimum absolute atomic E-state index is 0.801. The number of pyridine rings is 1. The summed E-state index contributed by atoms with van der Waals surface area (Å²) in [5.41, 5.74) is 2.24. The molecular weight excluding hydrogens is 202 g/mol. The Bertz CT molecular complexity index is 449. The van der Waals surface area contributed by atoms with Gasteiger partial charge < -0.3 is 5.32 Å². The molecule has 0 aliphatic heterocycles. The molecule has 5 nitrogen and oxygen atoms in total. The lowest BCUT2D eigenvalue weighted by Gasteiger charge is -2.07. The highest BCUT2D eigenvalue weighted by molar-refractivity contribution is 5.29. The molecule has 0 spiro atoms. The van der Waals surface area contributed by atoms with Gasteiger partial charge in [-0.2, -0.15) is 5.10 Å². The minimum atomic E-state index is 0.801. The van der Waals surface area contributed by atoms with Crippen LogP contribution in [0.2, 0.25) is 0 Å². The maximum atomic E-state index is 4.49. The maximum Gasteiger partial charge on any atom is 0.155 e. The quantitative estimate of drug-likeness (QED) is 0.832. The van der Waals surface area contributed by atoms with Gasteiger partial charge >= 0.3 is 0 Å². The van der Waals surface area contributed by atoms with Crippen molar-refractivity contribution in [1.29, 1.82) is 0 Å². The molecule has 0 amide bonds. The van der Waals surface area contributed by atoms with E-state index in [2.05, 4.69) is 33.4 Å². The molecule has 2 aromatic rings. The Morgan fingerprint density at radius 3 is 2.88 bits per heavy atom. The lowest BCUT2D eigenvalue weighted by molar-refractivity contribution is 0.717. The van der Waals surface area contributed by atoms with E-state index < -0.39 is 0 Å². The number of nitrogens with one attached hydrogen (secondary N) is 1. The smallest absolute Gasteiger partial charge is 0.155 e. The van der Waals surface area contributed by atoms with Gasteiger partial charge in [0.15, 0.2) is 5.82 Å². The first-order valence-electron chi connectivity index (χ1n) is 5.33. The minimum Gasteiger partial charge on any atom is -0.313 e. The first-order chi connectivity index (χ1) is 7.81. The van der Waals surface area contributed by atoms with Crippen molar-refractivity contribution in [3.8, 4) is 5.82 Å². The highest BCUT2D eigenvalue weighted by Gasteiger charge is 2.03. The van der Waals surface area contributed by atoms with Gasteiger partial charge in [-0.15, -0.1) is 0 Å². The zero-order valence-electron chi connectivity index (χ0n) is 9.51. The molecule has 5 heteroatoms. The van der Waals surface area contributed by atoms with E-state index in [1.54, 1.807) is 11.0 Å². The lowest BCUT2D eigenvalue weighted by atomic mass is 10.2. The van der Waals surface area contributed by atoms with Crippen molar-refractivity contribution in [1.82, 2.24) is 25.1 Å². The molecule has 0 unspecified atom stereocenters. The summed E-state index contributed by atoms with van der Waals surface area (Å²) in [6.45, 7) is 5.91. The van der Waals surface area contributed by atoms with Crippen molar-refractivity contribution in [2.45, 2.75) is 20.4 Å². The lowest BCUT2D eigenvalue weighted by Crippen LogP contribution is -2.13. The van der Waals surface area contributed by atoms with Crippen molar-refractivity contribution in [3.63, 3.8) is 0 Å². The SMILES string of the molecule is CCNCc1ccc(-n2cncn2)nc1C. The van der Waals surface area contributed by atoms with Crippen molar-refractivity contribution >= 4 is 0 Å². The van der Waals surface area contributed by atoms with Crippen LogP contribution in [-0.4, -0.2) is 26.3 Å². The van der Waals surface area contributed by atoms with Crippen molar-refractivity contribution in [3.05, 3.63) is 36.0 Å². The Hall–Kier alpha value is -1.75. The molecule has 1 N–H and O–H groups in total. The van der Waals surface area contributed by atoms with E-state index in [-0.39, 0.29) is 0 Å². The van der Waals surface area contributed by atoms with Gasteiger partial charge in [-0.05, 0) is 25.1 Å². The molecule has 2 rings (SSSR count). The Balaban J connectivity index is 2.23. The van der Waals surface area contributed by atoms with Crippen LogP contribution < -0.4 is 5.32 Å². The molecule has 0 aliphatic rings. The first kappa shape index (κ1) is 10.8. The van der Waals surface area contributed by atoms with Crippen molar-refractivity contribution in [2.24, 2.45) is 0 Å². The second-order valence-corrected chi connectivity index (χ2v) is 3.53. The molecule has 16 heavy (non-hydrogen) atoms. The fraction of sp³-hybridized carbons (Fsp3) is 0.364. The highest BCUT2D eigenvalue weighted by atomic mass is 15.3. The second kappa shape index (κ2) is 4.85. The van der Waals surface area contributed by atoms with Crippen LogP contribution in [-0.2, 0) is 6.54 Å². The molecule has 0 fully saturated rings. The molecule has 2 aromatic heterocycles. The van der Waals surface area contributed by atoms with E-state index in [1.807, 2.05) is 13.0 Å². The summed E-state index contributed by atoms with van der Waals surface area (Å²) >= 11 is 0. The van der Waals surface area contributed by atoms with Crippen molar-refractivity contribution < 1.29 is 0 Å². The number of aromatic nitrogens is 4. The molecule has 0 radical (unpaired) electrons. The van der Waals surface area contributed by atoms with Gasteiger partial charge in [0, 0.05) is 12.2 Å². The van der Waals surface area contributed by atoms with Gasteiger partial charge in [0.25, 0.3) is 0 Å². The van der Waals surface area contributed by atoms with Crippen LogP contribution in [0.1, 0.15) is 18.2 Å². The van der Waals surface area contributed by atoms with Gasteiger partial charge in [0.1, 0.15) is 12.7 Å². The Kier molecular flexibility index (Phi) is 3.26. The number of aryl methyl sites for hydroxylation is 1. The van der Waals surface area contributed by atoms with E-state index in [0.717, 1.165) is 24.6 Å². The van der Waals surface area contributed by atoms with Crippen LogP contribution in [0, 0.1) is 6.92 Å². The normalized spacial score (nSPS) is 10.6. The van der Waals surface area contributed by atoms with Crippen LogP contribution in [0.3, 0.4) is 0 Å². The molecule has 84 valence electrons. The number of hydrogen-bond donors (Lipinski definition) is 1. The predicted molar refractivity (Wildman–Crippen MR) is 61.3 cm³/mol. The van der Waals surface area contributed by atoms with E-state index >= 15 is 0 Å². The summed E-state index contributed by atoms with van der Waals surface area (Å²) < 4.78 is 1.66. The average molecular weight is 217 g/mol. The van der Waals surface area contributed by atoms with E-state index in [1.165, 1.54) is 11.9 Å². The van der Waals surface area contributed by atoms with Gasteiger partial charge in [0.2, 0.25) is 0 Å². The number of hydrogen-bond acceptors (Lipinski definition) is 4. The molecule has 2 heterocycles. The van der Waals surface area contributed by atoms with Crippen molar-refractivity contribution in [2.75, 3.05) is 6.54 Å². The molecule has 0 saturated carbocycles. The number of nitrogens with zero attached hydrogens (tertiary/aromatic N) is 4. The molecule has 0 saturated heterocycles. The zero-order chi connectivity index (χ0) is 11.4. The third kappa shape index (κ3) is 2.25. The van der Waals surface area contributed by atoms with Crippen LogP contribution in [0.5, 0.6) is 0 Å².